The molecule has 2 atom stereocenters. The lowest BCUT2D eigenvalue weighted by molar-refractivity contribution is 0.0400. The van der Waals surface area contributed by atoms with Crippen LogP contribution >= 0.6 is 0 Å². The summed E-state index contributed by atoms with van der Waals surface area (Å²) in [5.41, 5.74) is -0.254. The number of nitrogens with zero attached hydrogens (tertiary/aromatic N) is 1. The molecule has 0 heterocycles. The third-order valence-electron chi connectivity index (χ3n) is 2.46. The van der Waals surface area contributed by atoms with Crippen molar-refractivity contribution in [3.8, 4) is 0 Å². The van der Waals surface area contributed by atoms with Gasteiger partial charge in [-0.2, -0.15) is 0 Å². The van der Waals surface area contributed by atoms with Gasteiger partial charge in [-0.1, -0.05) is 20.8 Å². The summed E-state index contributed by atoms with van der Waals surface area (Å²) < 4.78 is 0. The van der Waals surface area contributed by atoms with Crippen molar-refractivity contribution in [1.82, 2.24) is 10.2 Å². The van der Waals surface area contributed by atoms with Crippen LogP contribution in [0.1, 0.15) is 27.2 Å². The molecular weight excluding hydrogens is 208 g/mol. The van der Waals surface area contributed by atoms with E-state index >= 15 is 0 Å². The second-order valence-corrected chi connectivity index (χ2v) is 5.34. The molecule has 2 amide bonds. The molecular formula is C11H24N2O3. The van der Waals surface area contributed by atoms with Gasteiger partial charge in [0.25, 0.3) is 0 Å². The summed E-state index contributed by atoms with van der Waals surface area (Å²) in [5.74, 6) is 0. The number of nitrogens with one attached hydrogen (secondary N) is 1. The Balaban J connectivity index is 4.26. The Hall–Kier alpha value is -0.810. The zero-order chi connectivity index (χ0) is 12.9. The Kier molecular flexibility index (Phi) is 5.75. The van der Waals surface area contributed by atoms with Crippen LogP contribution < -0.4 is 5.32 Å². The van der Waals surface area contributed by atoms with Gasteiger partial charge in [-0.3, -0.25) is 0 Å². The van der Waals surface area contributed by atoms with Crippen molar-refractivity contribution in [2.24, 2.45) is 5.41 Å². The van der Waals surface area contributed by atoms with E-state index in [1.807, 2.05) is 20.8 Å². The van der Waals surface area contributed by atoms with Gasteiger partial charge >= 0.3 is 6.03 Å². The fourth-order valence-corrected chi connectivity index (χ4v) is 1.11. The zero-order valence-electron chi connectivity index (χ0n) is 10.8. The average molecular weight is 232 g/mol. The Morgan fingerprint density at radius 2 is 1.88 bits per heavy atom. The number of urea groups is 1. The van der Waals surface area contributed by atoms with Crippen molar-refractivity contribution in [1.29, 1.82) is 0 Å². The number of rotatable bonds is 4. The maximum atomic E-state index is 11.4. The zero-order valence-corrected chi connectivity index (χ0v) is 10.8. The highest BCUT2D eigenvalue weighted by molar-refractivity contribution is 5.73. The number of aliphatic hydroxyl groups is 2. The minimum absolute atomic E-state index is 0.174. The molecule has 0 aromatic carbocycles. The van der Waals surface area contributed by atoms with Gasteiger partial charge in [-0.25, -0.2) is 4.79 Å². The predicted molar refractivity (Wildman–Crippen MR) is 63.2 cm³/mol. The van der Waals surface area contributed by atoms with Crippen LogP contribution in [-0.4, -0.2) is 54.0 Å². The van der Waals surface area contributed by atoms with Gasteiger partial charge in [0.1, 0.15) is 0 Å². The number of aliphatic hydroxyl groups excluding tert-OH is 2. The molecule has 5 nitrogen and oxygen atoms in total. The number of hydrogen-bond acceptors (Lipinski definition) is 3. The second kappa shape index (κ2) is 6.06. The topological polar surface area (TPSA) is 72.8 Å². The average Bonchev–Trinajstić information content (AvgIpc) is 2.14. The third-order valence-corrected chi connectivity index (χ3v) is 2.46. The summed E-state index contributed by atoms with van der Waals surface area (Å²) in [6, 6.07) is -0.677. The highest BCUT2D eigenvalue weighted by atomic mass is 16.3. The van der Waals surface area contributed by atoms with Gasteiger partial charge in [0.05, 0.1) is 18.8 Å². The lowest BCUT2D eigenvalue weighted by Crippen LogP contribution is -2.46. The first-order valence-corrected chi connectivity index (χ1v) is 5.45. The molecule has 0 aromatic rings. The lowest BCUT2D eigenvalue weighted by atomic mass is 9.85. The van der Waals surface area contributed by atoms with Crippen molar-refractivity contribution in [2.75, 3.05) is 20.7 Å². The molecule has 0 radical (unpaired) electrons. The fourth-order valence-electron chi connectivity index (χ4n) is 1.11. The van der Waals surface area contributed by atoms with Crippen LogP contribution in [0.5, 0.6) is 0 Å². The molecule has 0 aromatic heterocycles. The third kappa shape index (κ3) is 5.32. The van der Waals surface area contributed by atoms with Crippen molar-refractivity contribution in [3.05, 3.63) is 0 Å². The van der Waals surface area contributed by atoms with Crippen LogP contribution in [0.15, 0.2) is 0 Å². The van der Waals surface area contributed by atoms with Gasteiger partial charge in [0.15, 0.2) is 0 Å². The first kappa shape index (κ1) is 15.2. The number of amides is 2. The van der Waals surface area contributed by atoms with E-state index in [9.17, 15) is 9.90 Å². The predicted octanol–water partition coefficient (Wildman–Crippen LogP) is 0.416. The maximum Gasteiger partial charge on any atom is 0.317 e. The molecule has 96 valence electrons. The molecule has 0 aliphatic heterocycles. The summed E-state index contributed by atoms with van der Waals surface area (Å²) in [5, 5.41) is 21.6. The fraction of sp³-hybridized carbons (Fsp3) is 0.909. The first-order valence-electron chi connectivity index (χ1n) is 5.45. The minimum Gasteiger partial charge on any atom is -0.394 e. The van der Waals surface area contributed by atoms with Gasteiger partial charge in [0, 0.05) is 14.1 Å². The van der Waals surface area contributed by atoms with E-state index in [2.05, 4.69) is 5.32 Å². The monoisotopic (exact) mass is 232 g/mol. The smallest absolute Gasteiger partial charge is 0.317 e. The van der Waals surface area contributed by atoms with Crippen LogP contribution in [0.2, 0.25) is 0 Å². The summed E-state index contributed by atoms with van der Waals surface area (Å²) in [7, 11) is 3.26. The van der Waals surface area contributed by atoms with Crippen LogP contribution in [0, 0.1) is 5.41 Å². The molecule has 0 fully saturated rings. The van der Waals surface area contributed by atoms with Crippen molar-refractivity contribution >= 4 is 6.03 Å². The van der Waals surface area contributed by atoms with E-state index in [4.69, 9.17) is 5.11 Å². The summed E-state index contributed by atoms with van der Waals surface area (Å²) >= 11 is 0. The van der Waals surface area contributed by atoms with E-state index in [0.717, 1.165) is 0 Å². The van der Waals surface area contributed by atoms with E-state index in [1.54, 1.807) is 14.1 Å². The maximum absolute atomic E-state index is 11.4. The van der Waals surface area contributed by atoms with Crippen molar-refractivity contribution in [3.63, 3.8) is 0 Å². The molecule has 0 aliphatic rings. The summed E-state index contributed by atoms with van der Waals surface area (Å²) in [6.07, 6.45) is -0.216. The highest BCUT2D eigenvalue weighted by Crippen LogP contribution is 2.22. The van der Waals surface area contributed by atoms with Crippen LogP contribution in [0.25, 0.3) is 0 Å². The molecule has 3 N–H and O–H groups in total. The van der Waals surface area contributed by atoms with Crippen LogP contribution in [-0.2, 0) is 0 Å². The van der Waals surface area contributed by atoms with Gasteiger partial charge in [-0.05, 0) is 11.8 Å². The molecule has 0 saturated heterocycles. The molecule has 0 spiro atoms. The minimum atomic E-state index is -0.563. The largest absolute Gasteiger partial charge is 0.394 e. The Bertz CT molecular complexity index is 224. The standard InChI is InChI=1S/C11H24N2O3/c1-11(2,3)9(15)6-8(7-14)12-10(16)13(4)5/h8-9,14-15H,6-7H2,1-5H3,(H,12,16)/t8-,9+/m1/s1. The second-order valence-electron chi connectivity index (χ2n) is 5.34. The number of carbonyl (C=O) groups is 1. The highest BCUT2D eigenvalue weighted by Gasteiger charge is 2.26. The lowest BCUT2D eigenvalue weighted by Gasteiger charge is -2.29. The molecule has 0 bridgehead atoms. The molecule has 0 rings (SSSR count). The summed E-state index contributed by atoms with van der Waals surface area (Å²) in [6.45, 7) is 5.58. The molecule has 0 unspecified atom stereocenters. The SMILES string of the molecule is CN(C)C(=O)N[C@@H](CO)C[C@H](O)C(C)(C)C. The van der Waals surface area contributed by atoms with E-state index in [0.29, 0.717) is 6.42 Å². The van der Waals surface area contributed by atoms with E-state index in [-0.39, 0.29) is 18.1 Å². The van der Waals surface area contributed by atoms with Crippen molar-refractivity contribution in [2.45, 2.75) is 39.3 Å². The Labute approximate surface area is 97.4 Å². The Morgan fingerprint density at radius 3 is 2.19 bits per heavy atom. The van der Waals surface area contributed by atoms with Gasteiger partial charge in [0.2, 0.25) is 0 Å². The summed E-state index contributed by atoms with van der Waals surface area (Å²) in [4.78, 5) is 12.8. The quantitative estimate of drug-likeness (QED) is 0.657. The van der Waals surface area contributed by atoms with Crippen LogP contribution in [0.3, 0.4) is 0 Å². The first-order chi connectivity index (χ1) is 7.18. The number of hydrogen-bond donors (Lipinski definition) is 3. The van der Waals surface area contributed by atoms with Gasteiger partial charge < -0.3 is 20.4 Å². The van der Waals surface area contributed by atoms with Crippen LogP contribution in [0.4, 0.5) is 4.79 Å². The molecule has 0 saturated carbocycles. The number of carbonyl (C=O) groups excluding carboxylic acids is 1. The normalized spacial score (nSPS) is 15.4. The van der Waals surface area contributed by atoms with Gasteiger partial charge in [-0.15, -0.1) is 0 Å². The van der Waals surface area contributed by atoms with Crippen molar-refractivity contribution < 1.29 is 15.0 Å². The molecule has 5 heteroatoms. The molecule has 16 heavy (non-hydrogen) atoms. The Morgan fingerprint density at radius 1 is 1.38 bits per heavy atom. The van der Waals surface area contributed by atoms with E-state index < -0.39 is 12.1 Å². The molecule has 0 aliphatic carbocycles. The van der Waals surface area contributed by atoms with E-state index in [1.165, 1.54) is 4.90 Å².